The van der Waals surface area contributed by atoms with Gasteiger partial charge in [-0.2, -0.15) is 0 Å². The summed E-state index contributed by atoms with van der Waals surface area (Å²) in [5.74, 6) is 3.02. The largest absolute Gasteiger partial charge is 0.493 e. The highest BCUT2D eigenvalue weighted by molar-refractivity contribution is 5.73. The fraction of sp³-hybridized carbons (Fsp3) is 0.259. The van der Waals surface area contributed by atoms with Crippen molar-refractivity contribution in [2.75, 3.05) is 6.61 Å². The number of nitrogens with zero attached hydrogens (tertiary/aromatic N) is 2. The number of nitrogens with one attached hydrogen (secondary N) is 1. The first kappa shape index (κ1) is 21.1. The molecule has 2 heterocycles. The Morgan fingerprint density at radius 3 is 2.61 bits per heavy atom. The van der Waals surface area contributed by atoms with Crippen molar-refractivity contribution in [3.63, 3.8) is 0 Å². The maximum atomic E-state index is 11.3. The first-order valence-corrected chi connectivity index (χ1v) is 11.3. The summed E-state index contributed by atoms with van der Waals surface area (Å²) in [5.41, 5.74) is 3.76. The maximum absolute atomic E-state index is 11.3. The minimum absolute atomic E-state index is 0.0475. The average Bonchev–Trinajstić information content (AvgIpc) is 3.54. The van der Waals surface area contributed by atoms with Gasteiger partial charge in [0.15, 0.2) is 0 Å². The number of aromatic nitrogens is 2. The molecule has 6 heteroatoms. The fourth-order valence-corrected chi connectivity index (χ4v) is 3.75. The van der Waals surface area contributed by atoms with Gasteiger partial charge in [0.05, 0.1) is 18.3 Å². The van der Waals surface area contributed by atoms with Crippen molar-refractivity contribution >= 4 is 11.6 Å². The van der Waals surface area contributed by atoms with Crippen LogP contribution in [0.1, 0.15) is 38.3 Å². The lowest BCUT2D eigenvalue weighted by Crippen LogP contribution is -2.23. The Kier molecular flexibility index (Phi) is 5.73. The third kappa shape index (κ3) is 5.17. The smallest absolute Gasteiger partial charge is 0.217 e. The number of amides is 1. The number of carbonyl (C=O) groups is 1. The van der Waals surface area contributed by atoms with E-state index < -0.39 is 0 Å². The molecule has 1 unspecified atom stereocenters. The molecular weight excluding hydrogens is 414 g/mol. The highest BCUT2D eigenvalue weighted by Crippen LogP contribution is 2.31. The van der Waals surface area contributed by atoms with Crippen LogP contribution in [0, 0.1) is 5.92 Å². The molecule has 0 radical (unpaired) electrons. The molecular formula is C27H27N3O3. The van der Waals surface area contributed by atoms with Crippen molar-refractivity contribution < 1.29 is 14.3 Å². The standard InChI is InChI=1S/C27H27N3O3/c1-18(28-19(2)31)22-10-13-27-29-26(16-30(27)15-22)21-8-11-23(12-9-21)33-25-5-3-4-24(14-25)32-17-20-6-7-20/h3-5,8-16,18,20H,6-7,17H2,1-2H3,(H,28,31). The Labute approximate surface area is 193 Å². The van der Waals surface area contributed by atoms with E-state index in [2.05, 4.69) is 5.32 Å². The van der Waals surface area contributed by atoms with Crippen LogP contribution >= 0.6 is 0 Å². The number of hydrogen-bond donors (Lipinski definition) is 1. The zero-order chi connectivity index (χ0) is 22.8. The molecule has 0 saturated heterocycles. The molecule has 33 heavy (non-hydrogen) atoms. The van der Waals surface area contributed by atoms with Gasteiger partial charge < -0.3 is 19.2 Å². The molecule has 2 aromatic carbocycles. The van der Waals surface area contributed by atoms with Crippen LogP contribution in [0.15, 0.2) is 73.1 Å². The maximum Gasteiger partial charge on any atom is 0.217 e. The second kappa shape index (κ2) is 8.98. The Balaban J connectivity index is 1.29. The summed E-state index contributed by atoms with van der Waals surface area (Å²) in [6.45, 7) is 4.27. The highest BCUT2D eigenvalue weighted by atomic mass is 16.5. The molecule has 1 aliphatic carbocycles. The minimum atomic E-state index is -0.0632. The van der Waals surface area contributed by atoms with E-state index in [9.17, 15) is 4.79 Å². The lowest BCUT2D eigenvalue weighted by atomic mass is 10.1. The van der Waals surface area contributed by atoms with E-state index in [4.69, 9.17) is 14.5 Å². The Morgan fingerprint density at radius 2 is 1.85 bits per heavy atom. The summed E-state index contributed by atoms with van der Waals surface area (Å²) in [5, 5.41) is 2.91. The van der Waals surface area contributed by atoms with Crippen LogP contribution in [-0.2, 0) is 4.79 Å². The van der Waals surface area contributed by atoms with E-state index in [1.165, 1.54) is 19.8 Å². The zero-order valence-electron chi connectivity index (χ0n) is 18.8. The second-order valence-electron chi connectivity index (χ2n) is 8.63. The lowest BCUT2D eigenvalue weighted by Gasteiger charge is -2.12. The van der Waals surface area contributed by atoms with E-state index in [1.54, 1.807) is 0 Å². The van der Waals surface area contributed by atoms with Crippen LogP contribution in [0.2, 0.25) is 0 Å². The number of imidazole rings is 1. The third-order valence-electron chi connectivity index (χ3n) is 5.77. The first-order chi connectivity index (χ1) is 16.0. The molecule has 168 valence electrons. The van der Waals surface area contributed by atoms with E-state index in [0.717, 1.165) is 46.3 Å². The van der Waals surface area contributed by atoms with Crippen molar-refractivity contribution in [3.05, 3.63) is 78.6 Å². The SMILES string of the molecule is CC(=O)NC(C)c1ccc2nc(-c3ccc(Oc4cccc(OCC5CC5)c4)cc3)cn2c1. The van der Waals surface area contributed by atoms with Crippen molar-refractivity contribution in [2.45, 2.75) is 32.7 Å². The van der Waals surface area contributed by atoms with Crippen LogP contribution in [0.5, 0.6) is 17.2 Å². The van der Waals surface area contributed by atoms with Crippen molar-refractivity contribution in [3.8, 4) is 28.5 Å². The number of rotatable bonds is 8. The van der Waals surface area contributed by atoms with Gasteiger partial charge in [0.25, 0.3) is 0 Å². The third-order valence-corrected chi connectivity index (χ3v) is 5.77. The number of benzene rings is 2. The second-order valence-corrected chi connectivity index (χ2v) is 8.63. The Bertz CT molecular complexity index is 1280. The summed E-state index contributed by atoms with van der Waals surface area (Å²) in [4.78, 5) is 16.1. The summed E-state index contributed by atoms with van der Waals surface area (Å²) in [7, 11) is 0. The molecule has 1 saturated carbocycles. The molecule has 6 nitrogen and oxygen atoms in total. The number of ether oxygens (including phenoxy) is 2. The monoisotopic (exact) mass is 441 g/mol. The van der Waals surface area contributed by atoms with Crippen LogP contribution < -0.4 is 14.8 Å². The molecule has 1 aliphatic rings. The summed E-state index contributed by atoms with van der Waals surface area (Å²) in [6.07, 6.45) is 6.54. The number of fused-ring (bicyclic) bond motifs is 1. The number of hydrogen-bond acceptors (Lipinski definition) is 4. The number of pyridine rings is 1. The molecule has 2 aromatic heterocycles. The van der Waals surface area contributed by atoms with Crippen LogP contribution in [0.25, 0.3) is 16.9 Å². The normalized spacial score (nSPS) is 14.1. The summed E-state index contributed by atoms with van der Waals surface area (Å²) in [6, 6.07) is 19.6. The van der Waals surface area contributed by atoms with Gasteiger partial charge in [0.2, 0.25) is 5.91 Å². The van der Waals surface area contributed by atoms with E-state index in [-0.39, 0.29) is 11.9 Å². The average molecular weight is 442 g/mol. The summed E-state index contributed by atoms with van der Waals surface area (Å²) >= 11 is 0. The Morgan fingerprint density at radius 1 is 1.06 bits per heavy atom. The first-order valence-electron chi connectivity index (χ1n) is 11.3. The zero-order valence-corrected chi connectivity index (χ0v) is 18.8. The Hall–Kier alpha value is -3.80. The van der Waals surface area contributed by atoms with Gasteiger partial charge in [-0.1, -0.05) is 12.1 Å². The van der Waals surface area contributed by atoms with Crippen LogP contribution in [0.3, 0.4) is 0 Å². The molecule has 1 amide bonds. The van der Waals surface area contributed by atoms with Gasteiger partial charge in [-0.3, -0.25) is 4.79 Å². The molecule has 1 atom stereocenters. The van der Waals surface area contributed by atoms with Gasteiger partial charge in [-0.15, -0.1) is 0 Å². The molecule has 0 spiro atoms. The fourth-order valence-electron chi connectivity index (χ4n) is 3.75. The number of carbonyl (C=O) groups excluding carboxylic acids is 1. The van der Waals surface area contributed by atoms with Crippen molar-refractivity contribution in [1.82, 2.24) is 14.7 Å². The van der Waals surface area contributed by atoms with Crippen LogP contribution in [0.4, 0.5) is 0 Å². The predicted octanol–water partition coefficient (Wildman–Crippen LogP) is 5.78. The molecule has 0 aliphatic heterocycles. The van der Waals surface area contributed by atoms with Gasteiger partial charge in [0, 0.05) is 30.9 Å². The molecule has 0 bridgehead atoms. The van der Waals surface area contributed by atoms with E-state index in [1.807, 2.05) is 84.4 Å². The van der Waals surface area contributed by atoms with Gasteiger partial charge >= 0.3 is 0 Å². The van der Waals surface area contributed by atoms with E-state index in [0.29, 0.717) is 5.92 Å². The van der Waals surface area contributed by atoms with Gasteiger partial charge in [-0.05, 0) is 73.7 Å². The van der Waals surface area contributed by atoms with E-state index >= 15 is 0 Å². The highest BCUT2D eigenvalue weighted by Gasteiger charge is 2.21. The molecule has 1 N–H and O–H groups in total. The summed E-state index contributed by atoms with van der Waals surface area (Å²) < 4.78 is 13.9. The minimum Gasteiger partial charge on any atom is -0.493 e. The molecule has 4 aromatic rings. The van der Waals surface area contributed by atoms with Crippen molar-refractivity contribution in [1.29, 1.82) is 0 Å². The van der Waals surface area contributed by atoms with Crippen molar-refractivity contribution in [2.24, 2.45) is 5.92 Å². The topological polar surface area (TPSA) is 64.9 Å². The van der Waals surface area contributed by atoms with Crippen LogP contribution in [-0.4, -0.2) is 21.9 Å². The lowest BCUT2D eigenvalue weighted by molar-refractivity contribution is -0.119. The quantitative estimate of drug-likeness (QED) is 0.376. The van der Waals surface area contributed by atoms with Gasteiger partial charge in [-0.25, -0.2) is 4.98 Å². The molecule has 5 rings (SSSR count). The molecule has 1 fully saturated rings. The van der Waals surface area contributed by atoms with Gasteiger partial charge in [0.1, 0.15) is 22.9 Å². The predicted molar refractivity (Wildman–Crippen MR) is 128 cm³/mol.